The highest BCUT2D eigenvalue weighted by atomic mass is 32.1. The van der Waals surface area contributed by atoms with Crippen molar-refractivity contribution in [3.05, 3.63) is 21.9 Å². The van der Waals surface area contributed by atoms with E-state index in [9.17, 15) is 5.11 Å². The van der Waals surface area contributed by atoms with Gasteiger partial charge in [0.15, 0.2) is 0 Å². The molecule has 0 saturated carbocycles. The lowest BCUT2D eigenvalue weighted by atomic mass is 9.95. The van der Waals surface area contributed by atoms with E-state index in [1.54, 1.807) is 18.3 Å². The van der Waals surface area contributed by atoms with E-state index < -0.39 is 5.60 Å². The van der Waals surface area contributed by atoms with Crippen LogP contribution in [0.2, 0.25) is 0 Å². The highest BCUT2D eigenvalue weighted by molar-refractivity contribution is 7.12. The molecule has 1 atom stereocenters. The Bertz CT molecular complexity index is 353. The van der Waals surface area contributed by atoms with Crippen molar-refractivity contribution in [2.24, 2.45) is 0 Å². The Morgan fingerprint density at radius 3 is 2.35 bits per heavy atom. The summed E-state index contributed by atoms with van der Waals surface area (Å²) in [5.74, 6) is 0. The average molecular weight is 257 g/mol. The van der Waals surface area contributed by atoms with Crippen molar-refractivity contribution in [2.75, 3.05) is 13.2 Å². The number of nitrogens with one attached hydrogen (secondary N) is 1. The van der Waals surface area contributed by atoms with Crippen LogP contribution in [0.15, 0.2) is 12.1 Å². The molecule has 4 heteroatoms. The molecular formula is C13H23NO2S. The van der Waals surface area contributed by atoms with Gasteiger partial charge in [-0.25, -0.2) is 0 Å². The summed E-state index contributed by atoms with van der Waals surface area (Å²) < 4.78 is 0. The monoisotopic (exact) mass is 257 g/mol. The highest BCUT2D eigenvalue weighted by Crippen LogP contribution is 2.29. The van der Waals surface area contributed by atoms with Crippen LogP contribution < -0.4 is 5.32 Å². The summed E-state index contributed by atoms with van der Waals surface area (Å²) in [6.45, 7) is 9.13. The summed E-state index contributed by atoms with van der Waals surface area (Å²) in [6, 6.07) is 4.28. The van der Waals surface area contributed by atoms with E-state index in [1.165, 1.54) is 9.75 Å². The van der Waals surface area contributed by atoms with E-state index in [-0.39, 0.29) is 12.0 Å². The quantitative estimate of drug-likeness (QED) is 0.755. The van der Waals surface area contributed by atoms with Crippen LogP contribution in [0.1, 0.15) is 37.4 Å². The Morgan fingerprint density at radius 1 is 1.24 bits per heavy atom. The minimum atomic E-state index is -1.04. The van der Waals surface area contributed by atoms with Crippen LogP contribution in [-0.2, 0) is 12.0 Å². The van der Waals surface area contributed by atoms with Gasteiger partial charge in [-0.2, -0.15) is 0 Å². The summed E-state index contributed by atoms with van der Waals surface area (Å²) in [7, 11) is 0. The van der Waals surface area contributed by atoms with Crippen molar-refractivity contribution in [1.29, 1.82) is 0 Å². The highest BCUT2D eigenvalue weighted by Gasteiger charge is 2.19. The molecule has 17 heavy (non-hydrogen) atoms. The fourth-order valence-electron chi connectivity index (χ4n) is 1.39. The summed E-state index contributed by atoms with van der Waals surface area (Å²) in [5, 5.41) is 21.7. The molecule has 0 aromatic carbocycles. The second-order valence-corrected chi connectivity index (χ2v) is 6.94. The Labute approximate surface area is 107 Å². The first kappa shape index (κ1) is 14.6. The number of hydrogen-bond donors (Lipinski definition) is 3. The molecule has 3 N–H and O–H groups in total. The van der Waals surface area contributed by atoms with Crippen LogP contribution in [0, 0.1) is 0 Å². The van der Waals surface area contributed by atoms with Crippen molar-refractivity contribution in [3.63, 3.8) is 0 Å². The second kappa shape index (κ2) is 5.48. The fourth-order valence-corrected chi connectivity index (χ4v) is 2.42. The van der Waals surface area contributed by atoms with Gasteiger partial charge in [-0.1, -0.05) is 20.8 Å². The van der Waals surface area contributed by atoms with Gasteiger partial charge in [-0.05, 0) is 24.5 Å². The third kappa shape index (κ3) is 4.76. The van der Waals surface area contributed by atoms with E-state index in [0.29, 0.717) is 6.54 Å². The molecule has 1 rings (SSSR count). The van der Waals surface area contributed by atoms with E-state index in [4.69, 9.17) is 5.11 Å². The molecule has 98 valence electrons. The van der Waals surface area contributed by atoms with Gasteiger partial charge in [0.1, 0.15) is 0 Å². The van der Waals surface area contributed by atoms with Crippen molar-refractivity contribution in [3.8, 4) is 0 Å². The van der Waals surface area contributed by atoms with Gasteiger partial charge in [-0.3, -0.25) is 0 Å². The maximum absolute atomic E-state index is 9.63. The number of aliphatic hydroxyl groups excluding tert-OH is 1. The van der Waals surface area contributed by atoms with Gasteiger partial charge in [0.05, 0.1) is 12.2 Å². The Kier molecular flexibility index (Phi) is 4.72. The van der Waals surface area contributed by atoms with Crippen molar-refractivity contribution >= 4 is 11.3 Å². The lowest BCUT2D eigenvalue weighted by Gasteiger charge is -2.20. The number of hydrogen-bond acceptors (Lipinski definition) is 4. The average Bonchev–Trinajstić information content (AvgIpc) is 2.66. The van der Waals surface area contributed by atoms with Crippen LogP contribution in [0.3, 0.4) is 0 Å². The molecule has 0 aliphatic rings. The summed E-state index contributed by atoms with van der Waals surface area (Å²) in [4.78, 5) is 2.62. The second-order valence-electron chi connectivity index (χ2n) is 5.77. The minimum Gasteiger partial charge on any atom is -0.393 e. The van der Waals surface area contributed by atoms with Crippen molar-refractivity contribution < 1.29 is 10.2 Å². The van der Waals surface area contributed by atoms with Crippen LogP contribution in [0.4, 0.5) is 0 Å². The molecule has 0 amide bonds. The predicted molar refractivity (Wildman–Crippen MR) is 72.4 cm³/mol. The molecule has 3 nitrogen and oxygen atoms in total. The number of thiophene rings is 1. The smallest absolute Gasteiger partial charge is 0.0972 e. The molecular weight excluding hydrogens is 234 g/mol. The number of aliphatic hydroxyl groups is 2. The van der Waals surface area contributed by atoms with Crippen LogP contribution in [0.25, 0.3) is 0 Å². The normalized spacial score (nSPS) is 15.9. The molecule has 0 saturated heterocycles. The zero-order chi connectivity index (χ0) is 13.1. The first-order valence-electron chi connectivity index (χ1n) is 5.88. The molecule has 0 aliphatic carbocycles. The fraction of sp³-hybridized carbons (Fsp3) is 0.692. The topological polar surface area (TPSA) is 52.5 Å². The Hall–Kier alpha value is -0.420. The Morgan fingerprint density at radius 2 is 1.88 bits per heavy atom. The molecule has 0 spiro atoms. The van der Waals surface area contributed by atoms with Crippen LogP contribution in [-0.4, -0.2) is 29.0 Å². The molecule has 0 aliphatic heterocycles. The van der Waals surface area contributed by atoms with Gasteiger partial charge < -0.3 is 15.5 Å². The first-order valence-corrected chi connectivity index (χ1v) is 6.69. The third-order valence-electron chi connectivity index (χ3n) is 2.55. The molecule has 0 fully saturated rings. The van der Waals surface area contributed by atoms with Gasteiger partial charge in [-0.15, -0.1) is 11.3 Å². The van der Waals surface area contributed by atoms with Crippen molar-refractivity contribution in [2.45, 2.75) is 45.3 Å². The van der Waals surface area contributed by atoms with E-state index in [0.717, 1.165) is 6.54 Å². The maximum atomic E-state index is 9.63. The van der Waals surface area contributed by atoms with Gasteiger partial charge in [0.2, 0.25) is 0 Å². The van der Waals surface area contributed by atoms with Gasteiger partial charge in [0, 0.05) is 22.8 Å². The van der Waals surface area contributed by atoms with Gasteiger partial charge in [0.25, 0.3) is 0 Å². The maximum Gasteiger partial charge on any atom is 0.0972 e. The summed E-state index contributed by atoms with van der Waals surface area (Å²) in [5.41, 5.74) is -0.844. The number of rotatable bonds is 5. The first-order chi connectivity index (χ1) is 7.74. The van der Waals surface area contributed by atoms with Crippen LogP contribution in [0.5, 0.6) is 0 Å². The third-order valence-corrected chi connectivity index (χ3v) is 4.06. The standard InChI is InChI=1S/C13H23NO2S/c1-12(2,3)11-6-5-10(17-11)7-14-8-13(4,16)9-15/h5-6,14-16H,7-9H2,1-4H3. The molecule has 1 heterocycles. The summed E-state index contributed by atoms with van der Waals surface area (Å²) in [6.07, 6.45) is 0. The SMILES string of the molecule is CC(O)(CO)CNCc1ccc(C(C)(C)C)s1. The van der Waals surface area contributed by atoms with Crippen LogP contribution >= 0.6 is 11.3 Å². The van der Waals surface area contributed by atoms with E-state index >= 15 is 0 Å². The molecule has 0 radical (unpaired) electrons. The largest absolute Gasteiger partial charge is 0.393 e. The summed E-state index contributed by atoms with van der Waals surface area (Å²) >= 11 is 1.79. The zero-order valence-corrected chi connectivity index (χ0v) is 11.9. The molecule has 1 aromatic rings. The van der Waals surface area contributed by atoms with Gasteiger partial charge >= 0.3 is 0 Å². The predicted octanol–water partition coefficient (Wildman–Crippen LogP) is 1.88. The zero-order valence-electron chi connectivity index (χ0n) is 11.1. The van der Waals surface area contributed by atoms with Crippen molar-refractivity contribution in [1.82, 2.24) is 5.32 Å². The Balaban J connectivity index is 2.46. The lowest BCUT2D eigenvalue weighted by molar-refractivity contribution is 0.00258. The molecule has 0 bridgehead atoms. The minimum absolute atomic E-state index is 0.194. The molecule has 1 unspecified atom stereocenters. The van der Waals surface area contributed by atoms with E-state index in [2.05, 4.69) is 38.2 Å². The molecule has 1 aromatic heterocycles. The van der Waals surface area contributed by atoms with E-state index in [1.807, 2.05) is 0 Å². The lowest BCUT2D eigenvalue weighted by Crippen LogP contribution is -2.40.